The van der Waals surface area contributed by atoms with Gasteiger partial charge in [0, 0.05) is 19.3 Å². The third-order valence-corrected chi connectivity index (χ3v) is 18.6. The zero-order chi connectivity index (χ0) is 73.7. The van der Waals surface area contributed by atoms with Gasteiger partial charge >= 0.3 is 33.6 Å². The molecular weight excluding hydrogens is 1310 g/mol. The van der Waals surface area contributed by atoms with Crippen LogP contribution in [0.2, 0.25) is 0 Å². The van der Waals surface area contributed by atoms with Crippen LogP contribution in [0.4, 0.5) is 0 Å². The Hall–Kier alpha value is -4.05. The van der Waals surface area contributed by atoms with Crippen molar-refractivity contribution in [3.8, 4) is 0 Å². The van der Waals surface area contributed by atoms with Crippen LogP contribution < -0.4 is 0 Å². The number of hydrogen-bond donors (Lipinski definition) is 4. The zero-order valence-corrected chi connectivity index (χ0v) is 65.3. The Bertz CT molecular complexity index is 2320. The van der Waals surface area contributed by atoms with Gasteiger partial charge in [-0.1, -0.05) is 303 Å². The predicted octanol–water partition coefficient (Wildman–Crippen LogP) is 23.3. The second kappa shape index (κ2) is 75.6. The van der Waals surface area contributed by atoms with Crippen molar-refractivity contribution in [2.24, 2.45) is 0 Å². The smallest absolute Gasteiger partial charge is 0.463 e. The van der Waals surface area contributed by atoms with E-state index in [1.165, 1.54) is 128 Å². The van der Waals surface area contributed by atoms with Crippen LogP contribution in [-0.4, -0.2) is 95.9 Å². The van der Waals surface area contributed by atoms with Gasteiger partial charge in [-0.25, -0.2) is 9.13 Å². The van der Waals surface area contributed by atoms with Gasteiger partial charge in [0.05, 0.1) is 26.4 Å². The highest BCUT2D eigenvalue weighted by Crippen LogP contribution is 2.45. The fraction of sp³-hybridized carbons (Fsp3) is 0.723. The number of rotatable bonds is 75. The summed E-state index contributed by atoms with van der Waals surface area (Å²) in [6.45, 7) is 2.43. The monoisotopic (exact) mass is 1460 g/mol. The Morgan fingerprint density at radius 3 is 0.842 bits per heavy atom. The van der Waals surface area contributed by atoms with Crippen LogP contribution in [0.15, 0.2) is 122 Å². The highest BCUT2D eigenvalue weighted by molar-refractivity contribution is 7.47. The number of unbranched alkanes of at least 4 members (excludes halogenated alkanes) is 32. The lowest BCUT2D eigenvalue weighted by Gasteiger charge is -2.21. The summed E-state index contributed by atoms with van der Waals surface area (Å²) in [4.78, 5) is 58.6. The maximum atomic E-state index is 12.9. The van der Waals surface area contributed by atoms with Crippen LogP contribution in [0, 0.1) is 0 Å². The highest BCUT2D eigenvalue weighted by atomic mass is 31.2. The Balaban J connectivity index is 4.43. The normalized spacial score (nSPS) is 14.6. The second-order valence-corrected chi connectivity index (χ2v) is 29.4. The number of phosphoric ester groups is 2. The third kappa shape index (κ3) is 76.9. The van der Waals surface area contributed by atoms with Crippen molar-refractivity contribution in [3.05, 3.63) is 122 Å². The quantitative estimate of drug-likeness (QED) is 0.0146. The number of esters is 3. The molecule has 0 bridgehead atoms. The fourth-order valence-corrected chi connectivity index (χ4v) is 12.2. The molecular formula is C83H144O16P2. The SMILES string of the molecule is CC/C=C\C/C=C\C/C=C\C/C=C\C/C=C\CCCCCCCCCCCCCCCCCCCC(=O)OCC(O)COP(=O)(O)OCC(O)COP(=O)(O)OCC(COC(=O)CCCCCC/C=C\C/C=C\C/C=C\C/C=C\CC)OC(=O)CCCCCCC/C=C\CCCCCCCC. The minimum absolute atomic E-state index is 0.0885. The zero-order valence-electron chi connectivity index (χ0n) is 63.5. The number of aliphatic hydroxyl groups is 2. The molecule has 4 N–H and O–H groups in total. The summed E-state index contributed by atoms with van der Waals surface area (Å²) >= 11 is 0. The van der Waals surface area contributed by atoms with Crippen molar-refractivity contribution in [1.29, 1.82) is 0 Å². The lowest BCUT2D eigenvalue weighted by molar-refractivity contribution is -0.161. The van der Waals surface area contributed by atoms with E-state index in [1.807, 2.05) is 0 Å². The number of allylic oxidation sites excluding steroid dienone is 20. The topological polar surface area (TPSA) is 231 Å². The molecule has 0 aromatic carbocycles. The number of hydrogen-bond acceptors (Lipinski definition) is 14. The molecule has 5 atom stereocenters. The first kappa shape index (κ1) is 97.0. The van der Waals surface area contributed by atoms with Crippen LogP contribution in [0.1, 0.15) is 329 Å². The lowest BCUT2D eigenvalue weighted by Crippen LogP contribution is -2.30. The predicted molar refractivity (Wildman–Crippen MR) is 417 cm³/mol. The maximum Gasteiger partial charge on any atom is 0.472 e. The summed E-state index contributed by atoms with van der Waals surface area (Å²) in [7, 11) is -9.79. The molecule has 0 aromatic heterocycles. The standard InChI is InChI=1S/C83H144O16P2/c1-4-7-10-13-16-19-22-25-28-30-31-32-33-34-35-36-37-38-39-40-41-42-43-44-45-47-50-51-54-57-60-63-66-69-81(86)93-72-78(84)73-95-100(89,90)96-74-79(85)75-97-101(91,92)98-77-80(99-83(88)71-68-65-62-59-56-53-48-27-24-21-18-15-12-9-6-3)76-94-82(87)70-67-64-61-58-55-52-49-46-29-26-23-20-17-14-11-8-5-2/h7-8,10-11,16-17,19-20,25-29,31-32,34-35,48-49,52,78-80,84-85H,4-6,9,12-15,18,21-24,30,33,36-47,50-51,53-77H2,1-3H3,(H,89,90)(H,91,92)/b10-7-,11-8-,19-16-,20-17-,28-25-,29-26-,32-31-,35-34-,48-27-,52-49-. The summed E-state index contributed by atoms with van der Waals surface area (Å²) < 4.78 is 61.1. The molecule has 18 heteroatoms. The van der Waals surface area contributed by atoms with Crippen LogP contribution >= 0.6 is 15.6 Å². The molecule has 0 aliphatic rings. The van der Waals surface area contributed by atoms with Gasteiger partial charge in [-0.3, -0.25) is 32.5 Å². The molecule has 101 heavy (non-hydrogen) atoms. The largest absolute Gasteiger partial charge is 0.472 e. The average molecular weight is 1460 g/mol. The fourth-order valence-electron chi connectivity index (χ4n) is 10.6. The molecule has 0 spiro atoms. The van der Waals surface area contributed by atoms with Crippen LogP contribution in [-0.2, 0) is 55.8 Å². The highest BCUT2D eigenvalue weighted by Gasteiger charge is 2.29. The molecule has 0 radical (unpaired) electrons. The molecule has 0 aliphatic carbocycles. The molecule has 16 nitrogen and oxygen atoms in total. The van der Waals surface area contributed by atoms with Crippen molar-refractivity contribution in [2.75, 3.05) is 39.6 Å². The van der Waals surface area contributed by atoms with E-state index < -0.39 is 91.5 Å². The number of aliphatic hydroxyl groups excluding tert-OH is 2. The molecule has 5 unspecified atom stereocenters. The van der Waals surface area contributed by atoms with Crippen molar-refractivity contribution in [1.82, 2.24) is 0 Å². The minimum Gasteiger partial charge on any atom is -0.463 e. The molecule has 0 saturated carbocycles. The van der Waals surface area contributed by atoms with E-state index in [4.69, 9.17) is 32.3 Å². The van der Waals surface area contributed by atoms with Crippen molar-refractivity contribution < 1.29 is 75.8 Å². The van der Waals surface area contributed by atoms with E-state index in [1.54, 1.807) is 0 Å². The van der Waals surface area contributed by atoms with Gasteiger partial charge in [-0.15, -0.1) is 0 Å². The van der Waals surface area contributed by atoms with E-state index in [0.29, 0.717) is 19.3 Å². The Morgan fingerprint density at radius 2 is 0.525 bits per heavy atom. The van der Waals surface area contributed by atoms with Crippen LogP contribution in [0.25, 0.3) is 0 Å². The number of carbonyl (C=O) groups excluding carboxylic acids is 3. The van der Waals surface area contributed by atoms with E-state index in [9.17, 15) is 43.5 Å². The van der Waals surface area contributed by atoms with E-state index in [-0.39, 0.29) is 19.3 Å². The Labute approximate surface area is 614 Å². The third-order valence-electron chi connectivity index (χ3n) is 16.7. The number of carbonyl (C=O) groups is 3. The van der Waals surface area contributed by atoms with Crippen LogP contribution in [0.3, 0.4) is 0 Å². The van der Waals surface area contributed by atoms with Crippen molar-refractivity contribution in [2.45, 2.75) is 347 Å². The molecule has 0 saturated heterocycles. The van der Waals surface area contributed by atoms with E-state index >= 15 is 0 Å². The first-order valence-corrected chi connectivity index (χ1v) is 42.8. The first-order chi connectivity index (χ1) is 49.2. The molecule has 0 fully saturated rings. The van der Waals surface area contributed by atoms with E-state index in [2.05, 4.69) is 142 Å². The summed E-state index contributed by atoms with van der Waals surface area (Å²) in [5.41, 5.74) is 0. The second-order valence-electron chi connectivity index (χ2n) is 26.5. The van der Waals surface area contributed by atoms with Gasteiger partial charge < -0.3 is 34.2 Å². The molecule has 0 heterocycles. The summed E-state index contributed by atoms with van der Waals surface area (Å²) in [5, 5.41) is 20.6. The van der Waals surface area contributed by atoms with Gasteiger partial charge in [-0.2, -0.15) is 0 Å². The average Bonchev–Trinajstić information content (AvgIpc) is 1.12. The van der Waals surface area contributed by atoms with Gasteiger partial charge in [0.1, 0.15) is 25.4 Å². The van der Waals surface area contributed by atoms with Gasteiger partial charge in [0.2, 0.25) is 0 Å². The first-order valence-electron chi connectivity index (χ1n) is 39.8. The molecule has 0 aromatic rings. The molecule has 0 aliphatic heterocycles. The Kier molecular flexibility index (Phi) is 72.6. The maximum absolute atomic E-state index is 12.9. The van der Waals surface area contributed by atoms with Crippen LogP contribution in [0.5, 0.6) is 0 Å². The van der Waals surface area contributed by atoms with Gasteiger partial charge in [0.15, 0.2) is 6.10 Å². The Morgan fingerprint density at radius 1 is 0.287 bits per heavy atom. The summed E-state index contributed by atoms with van der Waals surface area (Å²) in [6.07, 6.45) is 89.8. The van der Waals surface area contributed by atoms with Gasteiger partial charge in [-0.05, 0) is 128 Å². The summed E-state index contributed by atoms with van der Waals surface area (Å²) in [5.74, 6) is -1.60. The van der Waals surface area contributed by atoms with Crippen molar-refractivity contribution in [3.63, 3.8) is 0 Å². The van der Waals surface area contributed by atoms with E-state index in [0.717, 1.165) is 141 Å². The summed E-state index contributed by atoms with van der Waals surface area (Å²) in [6, 6.07) is 0. The molecule has 582 valence electrons. The van der Waals surface area contributed by atoms with Crippen molar-refractivity contribution >= 4 is 33.6 Å². The minimum atomic E-state index is -4.94. The number of ether oxygens (including phenoxy) is 3. The number of phosphoric acid groups is 2. The van der Waals surface area contributed by atoms with Gasteiger partial charge in [0.25, 0.3) is 0 Å². The molecule has 0 rings (SSSR count). The lowest BCUT2D eigenvalue weighted by atomic mass is 10.0. The molecule has 0 amide bonds.